The van der Waals surface area contributed by atoms with Crippen LogP contribution in [-0.4, -0.2) is 18.6 Å². The van der Waals surface area contributed by atoms with Crippen molar-refractivity contribution in [1.82, 2.24) is 5.32 Å². The molecule has 0 bridgehead atoms. The number of hydrogen-bond donors (Lipinski definition) is 1. The number of ether oxygens (including phenoxy) is 1. The maximum absolute atomic E-state index is 11.5. The molecule has 0 unspecified atom stereocenters. The van der Waals surface area contributed by atoms with Crippen LogP contribution in [0.15, 0.2) is 10.5 Å². The fraction of sp³-hybridized carbons (Fsp3) is 0.667. The Hall–Kier alpha value is -1.29. The van der Waals surface area contributed by atoms with Gasteiger partial charge < -0.3 is 14.5 Å². The van der Waals surface area contributed by atoms with Crippen molar-refractivity contribution in [2.75, 3.05) is 7.11 Å². The Balaban J connectivity index is 1.98. The maximum Gasteiger partial charge on any atom is 0.341 e. The van der Waals surface area contributed by atoms with Gasteiger partial charge >= 0.3 is 5.97 Å². The second kappa shape index (κ2) is 5.78. The Kier molecular flexibility index (Phi) is 4.30. The van der Waals surface area contributed by atoms with Gasteiger partial charge in [0.05, 0.1) is 13.7 Å². The minimum absolute atomic E-state index is 0.199. The number of rotatable bonds is 4. The molecule has 0 radical (unpaired) electrons. The fourth-order valence-corrected chi connectivity index (χ4v) is 2.75. The number of aryl methyl sites for hydroxylation is 1. The quantitative estimate of drug-likeness (QED) is 0.849. The lowest BCUT2D eigenvalue weighted by Crippen LogP contribution is -2.43. The SMILES string of the molecule is COC(=O)c1cc(CNC2(C)CCCCC2)oc1C. The third kappa shape index (κ3) is 3.38. The fourth-order valence-electron chi connectivity index (χ4n) is 2.75. The van der Waals surface area contributed by atoms with E-state index in [9.17, 15) is 4.79 Å². The van der Waals surface area contributed by atoms with Gasteiger partial charge in [-0.2, -0.15) is 0 Å². The van der Waals surface area contributed by atoms with E-state index in [0.29, 0.717) is 17.9 Å². The highest BCUT2D eigenvalue weighted by Crippen LogP contribution is 2.28. The first-order chi connectivity index (χ1) is 9.04. The summed E-state index contributed by atoms with van der Waals surface area (Å²) in [5, 5.41) is 3.57. The van der Waals surface area contributed by atoms with Gasteiger partial charge in [-0.25, -0.2) is 4.79 Å². The summed E-state index contributed by atoms with van der Waals surface area (Å²) in [5.41, 5.74) is 0.720. The third-order valence-corrected chi connectivity index (χ3v) is 4.02. The topological polar surface area (TPSA) is 51.5 Å². The number of hydrogen-bond acceptors (Lipinski definition) is 4. The van der Waals surface area contributed by atoms with Crippen molar-refractivity contribution in [3.63, 3.8) is 0 Å². The first-order valence-electron chi connectivity index (χ1n) is 6.97. The molecule has 1 aromatic heterocycles. The standard InChI is InChI=1S/C15H23NO3/c1-11-13(14(17)18-3)9-12(19-11)10-16-15(2)7-5-4-6-8-15/h9,16H,4-8,10H2,1-3H3. The van der Waals surface area contributed by atoms with Crippen molar-refractivity contribution in [2.45, 2.75) is 58.0 Å². The van der Waals surface area contributed by atoms with Gasteiger partial charge in [0.25, 0.3) is 0 Å². The minimum Gasteiger partial charge on any atom is -0.465 e. The van der Waals surface area contributed by atoms with Crippen LogP contribution in [0.4, 0.5) is 0 Å². The van der Waals surface area contributed by atoms with Crippen molar-refractivity contribution in [3.05, 3.63) is 23.2 Å². The molecule has 1 aromatic rings. The summed E-state index contributed by atoms with van der Waals surface area (Å²) in [6, 6.07) is 1.78. The highest BCUT2D eigenvalue weighted by molar-refractivity contribution is 5.90. The highest BCUT2D eigenvalue weighted by Gasteiger charge is 2.26. The minimum atomic E-state index is -0.337. The second-order valence-corrected chi connectivity index (χ2v) is 5.65. The molecule has 0 saturated heterocycles. The molecule has 0 aliphatic heterocycles. The number of esters is 1. The maximum atomic E-state index is 11.5. The Morgan fingerprint density at radius 1 is 1.42 bits per heavy atom. The van der Waals surface area contributed by atoms with Gasteiger partial charge in [0, 0.05) is 5.54 Å². The van der Waals surface area contributed by atoms with Crippen LogP contribution >= 0.6 is 0 Å². The molecule has 1 fully saturated rings. The number of carbonyl (C=O) groups excluding carboxylic acids is 1. The average Bonchev–Trinajstić information content (AvgIpc) is 2.78. The van der Waals surface area contributed by atoms with Crippen molar-refractivity contribution in [1.29, 1.82) is 0 Å². The summed E-state index contributed by atoms with van der Waals surface area (Å²) in [6.07, 6.45) is 6.32. The zero-order valence-electron chi connectivity index (χ0n) is 12.0. The zero-order valence-corrected chi connectivity index (χ0v) is 12.0. The molecule has 0 spiro atoms. The summed E-state index contributed by atoms with van der Waals surface area (Å²) in [6.45, 7) is 4.72. The van der Waals surface area contributed by atoms with E-state index in [0.717, 1.165) is 5.76 Å². The Labute approximate surface area is 114 Å². The first kappa shape index (κ1) is 14.1. The van der Waals surface area contributed by atoms with Gasteiger partial charge in [-0.1, -0.05) is 19.3 Å². The Morgan fingerprint density at radius 3 is 2.74 bits per heavy atom. The van der Waals surface area contributed by atoms with Crippen molar-refractivity contribution < 1.29 is 13.9 Å². The molecule has 0 amide bonds. The van der Waals surface area contributed by atoms with Crippen LogP contribution in [0.3, 0.4) is 0 Å². The molecule has 1 aliphatic carbocycles. The van der Waals surface area contributed by atoms with Crippen molar-refractivity contribution >= 4 is 5.97 Å². The summed E-state index contributed by atoms with van der Waals surface area (Å²) in [7, 11) is 1.38. The number of carbonyl (C=O) groups is 1. The molecule has 106 valence electrons. The molecule has 1 heterocycles. The molecule has 1 saturated carbocycles. The summed E-state index contributed by atoms with van der Waals surface area (Å²) in [5.74, 6) is 1.08. The molecule has 0 atom stereocenters. The molecule has 19 heavy (non-hydrogen) atoms. The Bertz CT molecular complexity index is 444. The van der Waals surface area contributed by atoms with Crippen LogP contribution in [0.5, 0.6) is 0 Å². The van der Waals surface area contributed by atoms with Crippen molar-refractivity contribution in [2.24, 2.45) is 0 Å². The number of nitrogens with one attached hydrogen (secondary N) is 1. The van der Waals surface area contributed by atoms with E-state index in [4.69, 9.17) is 9.15 Å². The zero-order chi connectivity index (χ0) is 13.9. The van der Waals surface area contributed by atoms with E-state index >= 15 is 0 Å². The van der Waals surface area contributed by atoms with Gasteiger partial charge in [-0.05, 0) is 32.8 Å². The second-order valence-electron chi connectivity index (χ2n) is 5.65. The van der Waals surface area contributed by atoms with Gasteiger partial charge in [0.2, 0.25) is 0 Å². The van der Waals surface area contributed by atoms with E-state index in [2.05, 4.69) is 12.2 Å². The van der Waals surface area contributed by atoms with E-state index in [1.807, 2.05) is 0 Å². The molecule has 4 nitrogen and oxygen atoms in total. The third-order valence-electron chi connectivity index (χ3n) is 4.02. The number of methoxy groups -OCH3 is 1. The Morgan fingerprint density at radius 2 is 2.11 bits per heavy atom. The lowest BCUT2D eigenvalue weighted by molar-refractivity contribution is 0.0599. The van der Waals surface area contributed by atoms with E-state index in [1.54, 1.807) is 13.0 Å². The van der Waals surface area contributed by atoms with Gasteiger partial charge in [-0.15, -0.1) is 0 Å². The predicted octanol–water partition coefficient (Wildman–Crippen LogP) is 3.19. The first-order valence-corrected chi connectivity index (χ1v) is 6.97. The lowest BCUT2D eigenvalue weighted by Gasteiger charge is -2.34. The highest BCUT2D eigenvalue weighted by atomic mass is 16.5. The summed E-state index contributed by atoms with van der Waals surface area (Å²) >= 11 is 0. The van der Waals surface area contributed by atoms with Gasteiger partial charge in [-0.3, -0.25) is 0 Å². The van der Waals surface area contributed by atoms with E-state index in [1.165, 1.54) is 39.2 Å². The molecular formula is C15H23NO3. The molecule has 1 aliphatic rings. The lowest BCUT2D eigenvalue weighted by atomic mass is 9.83. The van der Waals surface area contributed by atoms with E-state index in [-0.39, 0.29) is 11.5 Å². The predicted molar refractivity (Wildman–Crippen MR) is 73.1 cm³/mol. The van der Waals surface area contributed by atoms with Crippen LogP contribution < -0.4 is 5.32 Å². The summed E-state index contributed by atoms with van der Waals surface area (Å²) in [4.78, 5) is 11.5. The van der Waals surface area contributed by atoms with Crippen molar-refractivity contribution in [3.8, 4) is 0 Å². The van der Waals surface area contributed by atoms with Crippen LogP contribution in [0, 0.1) is 6.92 Å². The normalized spacial score (nSPS) is 18.3. The van der Waals surface area contributed by atoms with Gasteiger partial charge in [0.1, 0.15) is 17.1 Å². The molecule has 4 heteroatoms. The molecule has 0 aromatic carbocycles. The average molecular weight is 265 g/mol. The van der Waals surface area contributed by atoms with Crippen LogP contribution in [0.25, 0.3) is 0 Å². The van der Waals surface area contributed by atoms with Crippen LogP contribution in [0.1, 0.15) is 60.9 Å². The van der Waals surface area contributed by atoms with Gasteiger partial charge in [0.15, 0.2) is 0 Å². The smallest absolute Gasteiger partial charge is 0.341 e. The molecular weight excluding hydrogens is 242 g/mol. The van der Waals surface area contributed by atoms with Crippen LogP contribution in [-0.2, 0) is 11.3 Å². The number of furan rings is 1. The molecule has 1 N–H and O–H groups in total. The largest absolute Gasteiger partial charge is 0.465 e. The van der Waals surface area contributed by atoms with Crippen LogP contribution in [0.2, 0.25) is 0 Å². The molecule has 2 rings (SSSR count). The summed E-state index contributed by atoms with van der Waals surface area (Å²) < 4.78 is 10.3. The monoisotopic (exact) mass is 265 g/mol. The van der Waals surface area contributed by atoms with E-state index < -0.39 is 0 Å².